The van der Waals surface area contributed by atoms with E-state index < -0.39 is 0 Å². The molecule has 0 saturated carbocycles. The maximum Gasteiger partial charge on any atom is 0.255 e. The Bertz CT molecular complexity index is 483. The number of hydrogen-bond acceptors (Lipinski definition) is 4. The van der Waals surface area contributed by atoms with Gasteiger partial charge in [-0.25, -0.2) is 0 Å². The van der Waals surface area contributed by atoms with Gasteiger partial charge in [-0.05, 0) is 19.4 Å². The topological polar surface area (TPSA) is 71.8 Å². The summed E-state index contributed by atoms with van der Waals surface area (Å²) < 4.78 is 10.4. The van der Waals surface area contributed by atoms with E-state index in [2.05, 4.69) is 5.32 Å². The van der Waals surface area contributed by atoms with Crippen LogP contribution in [0, 0.1) is 6.92 Å². The molecule has 0 unspecified atom stereocenters. The Morgan fingerprint density at radius 2 is 2.30 bits per heavy atom. The summed E-state index contributed by atoms with van der Waals surface area (Å²) >= 11 is 0. The van der Waals surface area contributed by atoms with Crippen LogP contribution in [0.3, 0.4) is 0 Å². The maximum absolute atomic E-state index is 12.2. The molecule has 1 saturated heterocycles. The second-order valence-corrected chi connectivity index (χ2v) is 4.80. The number of rotatable bonds is 4. The van der Waals surface area contributed by atoms with Crippen molar-refractivity contribution < 1.29 is 18.7 Å². The molecule has 1 aliphatic rings. The average Bonchev–Trinajstić information content (AvgIpc) is 2.90. The standard InChI is InChI=1S/C14H20N2O4/c1-3-11-9-19-7-5-16(11)13(17)8-15-14(18)12-4-6-20-10(12)2/h4,6,11H,3,5,7-9H2,1-2H3,(H,15,18)/t11-/m0/s1. The van der Waals surface area contributed by atoms with E-state index in [1.807, 2.05) is 6.92 Å². The molecular formula is C14H20N2O4. The number of hydrogen-bond donors (Lipinski definition) is 1. The first-order valence-corrected chi connectivity index (χ1v) is 6.83. The summed E-state index contributed by atoms with van der Waals surface area (Å²) in [4.78, 5) is 25.8. The number of morpholine rings is 1. The number of carbonyl (C=O) groups excluding carboxylic acids is 2. The molecule has 0 aromatic carbocycles. The summed E-state index contributed by atoms with van der Waals surface area (Å²) in [5.74, 6) is 0.188. The van der Waals surface area contributed by atoms with Gasteiger partial charge in [-0.3, -0.25) is 9.59 Å². The third kappa shape index (κ3) is 3.19. The Balaban J connectivity index is 1.88. The van der Waals surface area contributed by atoms with E-state index in [0.29, 0.717) is 31.1 Å². The van der Waals surface area contributed by atoms with Gasteiger partial charge in [0.15, 0.2) is 0 Å². The summed E-state index contributed by atoms with van der Waals surface area (Å²) in [6, 6.07) is 1.70. The molecule has 1 N–H and O–H groups in total. The van der Waals surface area contributed by atoms with Crippen molar-refractivity contribution in [2.75, 3.05) is 26.3 Å². The van der Waals surface area contributed by atoms with Gasteiger partial charge in [0.1, 0.15) is 5.76 Å². The fourth-order valence-electron chi connectivity index (χ4n) is 2.29. The molecule has 1 aliphatic heterocycles. The van der Waals surface area contributed by atoms with Crippen molar-refractivity contribution in [3.63, 3.8) is 0 Å². The smallest absolute Gasteiger partial charge is 0.255 e. The van der Waals surface area contributed by atoms with E-state index in [9.17, 15) is 9.59 Å². The van der Waals surface area contributed by atoms with Crippen LogP contribution < -0.4 is 5.32 Å². The van der Waals surface area contributed by atoms with Gasteiger partial charge in [-0.15, -0.1) is 0 Å². The Labute approximate surface area is 118 Å². The van der Waals surface area contributed by atoms with Gasteiger partial charge in [0.2, 0.25) is 5.91 Å². The van der Waals surface area contributed by atoms with Gasteiger partial charge in [-0.2, -0.15) is 0 Å². The highest BCUT2D eigenvalue weighted by Gasteiger charge is 2.26. The van der Waals surface area contributed by atoms with E-state index in [4.69, 9.17) is 9.15 Å². The zero-order valence-electron chi connectivity index (χ0n) is 11.8. The molecule has 1 atom stereocenters. The number of ether oxygens (including phenoxy) is 1. The summed E-state index contributed by atoms with van der Waals surface area (Å²) in [6.07, 6.45) is 2.31. The van der Waals surface area contributed by atoms with Crippen molar-refractivity contribution in [2.24, 2.45) is 0 Å². The maximum atomic E-state index is 12.2. The van der Waals surface area contributed by atoms with Crippen LogP contribution in [-0.2, 0) is 9.53 Å². The number of carbonyl (C=O) groups is 2. The van der Waals surface area contributed by atoms with Crippen molar-refractivity contribution in [3.05, 3.63) is 23.7 Å². The molecule has 2 heterocycles. The molecule has 0 aliphatic carbocycles. The fourth-order valence-corrected chi connectivity index (χ4v) is 2.29. The number of nitrogens with zero attached hydrogens (tertiary/aromatic N) is 1. The van der Waals surface area contributed by atoms with Gasteiger partial charge >= 0.3 is 0 Å². The van der Waals surface area contributed by atoms with Crippen molar-refractivity contribution in [1.82, 2.24) is 10.2 Å². The monoisotopic (exact) mass is 280 g/mol. The molecule has 0 bridgehead atoms. The van der Waals surface area contributed by atoms with Crippen LogP contribution in [0.5, 0.6) is 0 Å². The lowest BCUT2D eigenvalue weighted by Crippen LogP contribution is -2.51. The predicted molar refractivity (Wildman–Crippen MR) is 72.4 cm³/mol. The van der Waals surface area contributed by atoms with E-state index in [1.165, 1.54) is 6.26 Å². The minimum atomic E-state index is -0.286. The van der Waals surface area contributed by atoms with Gasteiger partial charge in [0.25, 0.3) is 5.91 Å². The number of nitrogens with one attached hydrogen (secondary N) is 1. The van der Waals surface area contributed by atoms with Crippen LogP contribution >= 0.6 is 0 Å². The Morgan fingerprint density at radius 3 is 2.95 bits per heavy atom. The number of amides is 2. The first-order valence-electron chi connectivity index (χ1n) is 6.83. The van der Waals surface area contributed by atoms with Gasteiger partial charge in [-0.1, -0.05) is 6.92 Å². The van der Waals surface area contributed by atoms with Crippen LogP contribution in [0.1, 0.15) is 29.5 Å². The zero-order valence-corrected chi connectivity index (χ0v) is 11.8. The molecular weight excluding hydrogens is 260 g/mol. The normalized spacial score (nSPS) is 18.9. The van der Waals surface area contributed by atoms with Crippen LogP contribution in [-0.4, -0.2) is 49.1 Å². The molecule has 110 valence electrons. The van der Waals surface area contributed by atoms with Crippen LogP contribution in [0.2, 0.25) is 0 Å². The minimum absolute atomic E-state index is 0.0000463. The second-order valence-electron chi connectivity index (χ2n) is 4.80. The largest absolute Gasteiger partial charge is 0.469 e. The molecule has 1 aromatic heterocycles. The fraction of sp³-hybridized carbons (Fsp3) is 0.571. The lowest BCUT2D eigenvalue weighted by molar-refractivity contribution is -0.138. The predicted octanol–water partition coefficient (Wildman–Crippen LogP) is 0.955. The summed E-state index contributed by atoms with van der Waals surface area (Å²) in [5, 5.41) is 2.64. The number of aryl methyl sites for hydroxylation is 1. The highest BCUT2D eigenvalue weighted by Crippen LogP contribution is 2.11. The molecule has 0 spiro atoms. The summed E-state index contributed by atoms with van der Waals surface area (Å²) in [5.41, 5.74) is 0.465. The number of furan rings is 1. The van der Waals surface area contributed by atoms with Gasteiger partial charge < -0.3 is 19.4 Å². The molecule has 1 aromatic rings. The van der Waals surface area contributed by atoms with Crippen molar-refractivity contribution >= 4 is 11.8 Å². The third-order valence-electron chi connectivity index (χ3n) is 3.52. The second kappa shape index (κ2) is 6.56. The first kappa shape index (κ1) is 14.6. The van der Waals surface area contributed by atoms with Gasteiger partial charge in [0.05, 0.1) is 37.6 Å². The quantitative estimate of drug-likeness (QED) is 0.891. The molecule has 2 amide bonds. The molecule has 6 heteroatoms. The van der Waals surface area contributed by atoms with Crippen LogP contribution in [0.15, 0.2) is 16.7 Å². The third-order valence-corrected chi connectivity index (χ3v) is 3.52. The molecule has 1 fully saturated rings. The Kier molecular flexibility index (Phi) is 4.79. The Hall–Kier alpha value is -1.82. The SMILES string of the molecule is CC[C@H]1COCCN1C(=O)CNC(=O)c1ccoc1C. The molecule has 2 rings (SSSR count). The molecule has 20 heavy (non-hydrogen) atoms. The molecule has 6 nitrogen and oxygen atoms in total. The first-order chi connectivity index (χ1) is 9.63. The van der Waals surface area contributed by atoms with E-state index in [-0.39, 0.29) is 24.4 Å². The summed E-state index contributed by atoms with van der Waals surface area (Å²) in [6.45, 7) is 5.44. The van der Waals surface area contributed by atoms with Crippen molar-refractivity contribution in [3.8, 4) is 0 Å². The lowest BCUT2D eigenvalue weighted by Gasteiger charge is -2.35. The van der Waals surface area contributed by atoms with Crippen LogP contribution in [0.4, 0.5) is 0 Å². The Morgan fingerprint density at radius 1 is 1.50 bits per heavy atom. The highest BCUT2D eigenvalue weighted by atomic mass is 16.5. The van der Waals surface area contributed by atoms with Crippen LogP contribution in [0.25, 0.3) is 0 Å². The summed E-state index contributed by atoms with van der Waals surface area (Å²) in [7, 11) is 0. The van der Waals surface area contributed by atoms with E-state index >= 15 is 0 Å². The van der Waals surface area contributed by atoms with Crippen molar-refractivity contribution in [1.29, 1.82) is 0 Å². The van der Waals surface area contributed by atoms with E-state index in [1.54, 1.807) is 17.9 Å². The van der Waals surface area contributed by atoms with Crippen molar-refractivity contribution in [2.45, 2.75) is 26.3 Å². The average molecular weight is 280 g/mol. The minimum Gasteiger partial charge on any atom is -0.469 e. The molecule has 0 radical (unpaired) electrons. The van der Waals surface area contributed by atoms with Gasteiger partial charge in [0, 0.05) is 6.54 Å². The highest BCUT2D eigenvalue weighted by molar-refractivity contribution is 5.97. The lowest BCUT2D eigenvalue weighted by atomic mass is 10.1. The van der Waals surface area contributed by atoms with E-state index in [0.717, 1.165) is 6.42 Å². The zero-order chi connectivity index (χ0) is 14.5.